The fourth-order valence-corrected chi connectivity index (χ4v) is 2.09. The molecular weight excluding hydrogens is 314 g/mol. The molecule has 9 nitrogen and oxygen atoms in total. The number of carbonyl (C=O) groups excluding carboxylic acids is 2. The number of nitro benzene ring substituents is 1. The van der Waals surface area contributed by atoms with Crippen LogP contribution in [0.3, 0.4) is 0 Å². The molecule has 0 aliphatic carbocycles. The van der Waals surface area contributed by atoms with Crippen LogP contribution in [-0.2, 0) is 9.59 Å². The zero-order chi connectivity index (χ0) is 17.1. The first-order valence-electron chi connectivity index (χ1n) is 6.83. The number of nitro groups is 1. The summed E-state index contributed by atoms with van der Waals surface area (Å²) in [7, 11) is 0. The van der Waals surface area contributed by atoms with Crippen molar-refractivity contribution in [1.82, 2.24) is 10.2 Å². The second kappa shape index (κ2) is 6.16. The highest BCUT2D eigenvalue weighted by molar-refractivity contribution is 6.43. The number of aromatic nitrogens is 2. The lowest BCUT2D eigenvalue weighted by Gasteiger charge is -2.06. The third-order valence-corrected chi connectivity index (χ3v) is 3.22. The van der Waals surface area contributed by atoms with Gasteiger partial charge in [-0.15, -0.1) is 0 Å². The summed E-state index contributed by atoms with van der Waals surface area (Å²) in [5.41, 5.74) is 1.11. The number of anilines is 2. The molecule has 0 saturated carbocycles. The lowest BCUT2D eigenvalue weighted by Crippen LogP contribution is -2.29. The van der Waals surface area contributed by atoms with Crippen molar-refractivity contribution in [2.45, 2.75) is 0 Å². The maximum Gasteiger partial charge on any atom is 0.314 e. The van der Waals surface area contributed by atoms with E-state index in [1.165, 1.54) is 24.3 Å². The SMILES string of the molecule is O=C(Nc1cccc([N+](=O)[O-])c1)C(=O)Nc1ccc2cn[nH]c2c1. The van der Waals surface area contributed by atoms with Crippen LogP contribution >= 0.6 is 0 Å². The van der Waals surface area contributed by atoms with Crippen LogP contribution in [0.2, 0.25) is 0 Å². The Morgan fingerprint density at radius 1 is 1.04 bits per heavy atom. The lowest BCUT2D eigenvalue weighted by atomic mass is 10.2. The third-order valence-electron chi connectivity index (χ3n) is 3.22. The topological polar surface area (TPSA) is 130 Å². The van der Waals surface area contributed by atoms with Gasteiger partial charge in [0.25, 0.3) is 5.69 Å². The van der Waals surface area contributed by atoms with Crippen molar-refractivity contribution in [3.05, 3.63) is 58.8 Å². The summed E-state index contributed by atoms with van der Waals surface area (Å²) >= 11 is 0. The molecule has 0 aliphatic rings. The molecule has 2 aromatic carbocycles. The van der Waals surface area contributed by atoms with Crippen LogP contribution in [0, 0.1) is 10.1 Å². The normalized spacial score (nSPS) is 10.3. The maximum absolute atomic E-state index is 11.9. The van der Waals surface area contributed by atoms with Gasteiger partial charge in [-0.2, -0.15) is 5.10 Å². The highest BCUT2D eigenvalue weighted by Crippen LogP contribution is 2.18. The quantitative estimate of drug-likeness (QED) is 0.385. The number of aromatic amines is 1. The number of carbonyl (C=O) groups is 2. The van der Waals surface area contributed by atoms with Crippen molar-refractivity contribution in [1.29, 1.82) is 0 Å². The summed E-state index contributed by atoms with van der Waals surface area (Å²) < 4.78 is 0. The molecular formula is C15H11N5O4. The van der Waals surface area contributed by atoms with E-state index in [4.69, 9.17) is 0 Å². The molecule has 3 aromatic rings. The van der Waals surface area contributed by atoms with Crippen molar-refractivity contribution < 1.29 is 14.5 Å². The zero-order valence-corrected chi connectivity index (χ0v) is 12.1. The van der Waals surface area contributed by atoms with Crippen LogP contribution in [0.25, 0.3) is 10.9 Å². The first-order valence-corrected chi connectivity index (χ1v) is 6.83. The Kier molecular flexibility index (Phi) is 3.89. The van der Waals surface area contributed by atoms with Crippen LogP contribution < -0.4 is 10.6 Å². The minimum absolute atomic E-state index is 0.161. The van der Waals surface area contributed by atoms with Crippen LogP contribution in [0.5, 0.6) is 0 Å². The number of fused-ring (bicyclic) bond motifs is 1. The molecule has 2 amide bonds. The first kappa shape index (κ1) is 15.2. The predicted octanol–water partition coefficient (Wildman–Crippen LogP) is 2.05. The molecule has 0 unspecified atom stereocenters. The summed E-state index contributed by atoms with van der Waals surface area (Å²) in [6, 6.07) is 10.3. The smallest absolute Gasteiger partial charge is 0.314 e. The van der Waals surface area contributed by atoms with Crippen LogP contribution in [0.4, 0.5) is 17.1 Å². The number of hydrogen-bond donors (Lipinski definition) is 3. The maximum atomic E-state index is 11.9. The highest BCUT2D eigenvalue weighted by Gasteiger charge is 2.15. The third kappa shape index (κ3) is 3.19. The van der Waals surface area contributed by atoms with Crippen molar-refractivity contribution >= 4 is 39.8 Å². The highest BCUT2D eigenvalue weighted by atomic mass is 16.6. The largest absolute Gasteiger partial charge is 0.318 e. The summed E-state index contributed by atoms with van der Waals surface area (Å²) in [5, 5.41) is 23.0. The van der Waals surface area contributed by atoms with Crippen LogP contribution in [0.1, 0.15) is 0 Å². The Morgan fingerprint density at radius 3 is 2.46 bits per heavy atom. The fraction of sp³-hybridized carbons (Fsp3) is 0. The van der Waals surface area contributed by atoms with E-state index in [1.54, 1.807) is 24.4 Å². The van der Waals surface area contributed by atoms with Gasteiger partial charge in [-0.05, 0) is 24.3 Å². The number of rotatable bonds is 3. The van der Waals surface area contributed by atoms with Crippen LogP contribution in [-0.4, -0.2) is 26.9 Å². The van der Waals surface area contributed by atoms with E-state index in [1.807, 2.05) is 0 Å². The van der Waals surface area contributed by atoms with Gasteiger partial charge < -0.3 is 10.6 Å². The Balaban J connectivity index is 1.69. The summed E-state index contributed by atoms with van der Waals surface area (Å²) in [4.78, 5) is 33.9. The Bertz CT molecular complexity index is 950. The molecule has 0 fully saturated rings. The van der Waals surface area contributed by atoms with E-state index in [9.17, 15) is 19.7 Å². The molecule has 3 N–H and O–H groups in total. The second-order valence-electron chi connectivity index (χ2n) is 4.89. The average Bonchev–Trinajstić information content (AvgIpc) is 3.02. The van der Waals surface area contributed by atoms with E-state index in [-0.39, 0.29) is 11.4 Å². The Morgan fingerprint density at radius 2 is 1.75 bits per heavy atom. The van der Waals surface area contributed by atoms with Gasteiger partial charge in [0.1, 0.15) is 0 Å². The standard InChI is InChI=1S/C15H11N5O4/c21-14(17-10-2-1-3-12(6-10)20(23)24)15(22)18-11-5-4-9-8-16-19-13(9)7-11/h1-8H,(H,16,19)(H,17,21)(H,18,22). The van der Waals surface area contributed by atoms with Crippen molar-refractivity contribution in [3.63, 3.8) is 0 Å². The van der Waals surface area contributed by atoms with Crippen molar-refractivity contribution in [2.24, 2.45) is 0 Å². The molecule has 3 rings (SSSR count). The minimum Gasteiger partial charge on any atom is -0.318 e. The molecule has 1 aromatic heterocycles. The molecule has 0 spiro atoms. The Hall–Kier alpha value is -3.75. The van der Waals surface area contributed by atoms with Gasteiger partial charge in [0, 0.05) is 28.9 Å². The predicted molar refractivity (Wildman–Crippen MR) is 86.4 cm³/mol. The summed E-state index contributed by atoms with van der Waals surface area (Å²) in [6.45, 7) is 0. The molecule has 120 valence electrons. The first-order chi connectivity index (χ1) is 11.5. The number of benzene rings is 2. The van der Waals surface area contributed by atoms with Crippen molar-refractivity contribution in [2.75, 3.05) is 10.6 Å². The van der Waals surface area contributed by atoms with Gasteiger partial charge in [-0.1, -0.05) is 6.07 Å². The minimum atomic E-state index is -0.930. The number of amides is 2. The second-order valence-corrected chi connectivity index (χ2v) is 4.89. The van der Waals surface area contributed by atoms with Gasteiger partial charge in [0.05, 0.1) is 16.6 Å². The average molecular weight is 325 g/mol. The van der Waals surface area contributed by atoms with E-state index in [0.717, 1.165) is 5.39 Å². The molecule has 0 saturated heterocycles. The number of nitrogens with zero attached hydrogens (tertiary/aromatic N) is 2. The van der Waals surface area contributed by atoms with Crippen LogP contribution in [0.15, 0.2) is 48.7 Å². The molecule has 1 heterocycles. The number of non-ortho nitro benzene ring substituents is 1. The van der Waals surface area contributed by atoms with Gasteiger partial charge in [-0.3, -0.25) is 24.8 Å². The molecule has 0 bridgehead atoms. The van der Waals surface area contributed by atoms with E-state index in [2.05, 4.69) is 20.8 Å². The van der Waals surface area contributed by atoms with Crippen molar-refractivity contribution in [3.8, 4) is 0 Å². The number of hydrogen-bond acceptors (Lipinski definition) is 5. The van der Waals surface area contributed by atoms with Gasteiger partial charge in [0.15, 0.2) is 0 Å². The van der Waals surface area contributed by atoms with Gasteiger partial charge in [0.2, 0.25) is 0 Å². The van der Waals surface area contributed by atoms with Gasteiger partial charge >= 0.3 is 11.8 Å². The molecule has 0 aliphatic heterocycles. The molecule has 0 radical (unpaired) electrons. The zero-order valence-electron chi connectivity index (χ0n) is 12.1. The molecule has 24 heavy (non-hydrogen) atoms. The van der Waals surface area contributed by atoms with E-state index in [0.29, 0.717) is 11.2 Å². The van der Waals surface area contributed by atoms with E-state index >= 15 is 0 Å². The summed E-state index contributed by atoms with van der Waals surface area (Å²) in [5.74, 6) is -1.82. The van der Waals surface area contributed by atoms with Gasteiger partial charge in [-0.25, -0.2) is 0 Å². The number of H-pyrrole nitrogens is 1. The number of nitrogens with one attached hydrogen (secondary N) is 3. The Labute approximate surface area is 134 Å². The monoisotopic (exact) mass is 325 g/mol. The lowest BCUT2D eigenvalue weighted by molar-refractivity contribution is -0.384. The summed E-state index contributed by atoms with van der Waals surface area (Å²) in [6.07, 6.45) is 1.63. The molecule has 0 atom stereocenters. The fourth-order valence-electron chi connectivity index (χ4n) is 2.09. The van der Waals surface area contributed by atoms with E-state index < -0.39 is 16.7 Å². The molecule has 9 heteroatoms.